The molecule has 2 aromatic rings. The van der Waals surface area contributed by atoms with Crippen LogP contribution in [0.25, 0.3) is 0 Å². The molecule has 0 atom stereocenters. The van der Waals surface area contributed by atoms with Crippen LogP contribution in [0, 0.1) is 5.92 Å². The van der Waals surface area contributed by atoms with Crippen LogP contribution in [0.15, 0.2) is 58.8 Å². The minimum absolute atomic E-state index is 0.192. The van der Waals surface area contributed by atoms with Crippen molar-refractivity contribution in [3.8, 4) is 5.75 Å². The number of rotatable bonds is 4. The van der Waals surface area contributed by atoms with Crippen LogP contribution in [0.3, 0.4) is 0 Å². The van der Waals surface area contributed by atoms with Crippen LogP contribution in [0.1, 0.15) is 56.9 Å². The Morgan fingerprint density at radius 3 is 2.20 bits per heavy atom. The van der Waals surface area contributed by atoms with Crippen molar-refractivity contribution in [2.45, 2.75) is 57.8 Å². The van der Waals surface area contributed by atoms with E-state index in [4.69, 9.17) is 0 Å². The summed E-state index contributed by atoms with van der Waals surface area (Å²) in [6.07, 6.45) is 12.0. The Morgan fingerprint density at radius 2 is 1.48 bits per heavy atom. The van der Waals surface area contributed by atoms with Crippen molar-refractivity contribution in [2.24, 2.45) is 16.1 Å². The first-order valence-corrected chi connectivity index (χ1v) is 9.60. The van der Waals surface area contributed by atoms with Crippen molar-refractivity contribution in [2.75, 3.05) is 0 Å². The Labute approximate surface area is 150 Å². The van der Waals surface area contributed by atoms with Gasteiger partial charge in [0, 0.05) is 0 Å². The lowest BCUT2D eigenvalue weighted by Crippen LogP contribution is -2.04. The van der Waals surface area contributed by atoms with Crippen molar-refractivity contribution >= 4 is 11.4 Å². The van der Waals surface area contributed by atoms with E-state index in [0.717, 1.165) is 18.0 Å². The number of azo groups is 1. The lowest BCUT2D eigenvalue weighted by Gasteiger charge is -2.16. The summed E-state index contributed by atoms with van der Waals surface area (Å²) in [5.41, 5.74) is 2.61. The molecule has 0 amide bonds. The quantitative estimate of drug-likeness (QED) is 0.594. The molecule has 2 aromatic carbocycles. The number of hydrogen-bond acceptors (Lipinski definition) is 3. The van der Waals surface area contributed by atoms with Gasteiger partial charge >= 0.3 is 0 Å². The van der Waals surface area contributed by atoms with E-state index >= 15 is 0 Å². The maximum Gasteiger partial charge on any atom is 0.143 e. The molecule has 0 unspecified atom stereocenters. The first kappa shape index (κ1) is 17.7. The molecule has 1 aliphatic carbocycles. The summed E-state index contributed by atoms with van der Waals surface area (Å²) < 4.78 is 0. The predicted octanol–water partition coefficient (Wildman–Crippen LogP) is 7.10. The van der Waals surface area contributed by atoms with Crippen LogP contribution in [-0.4, -0.2) is 5.11 Å². The van der Waals surface area contributed by atoms with Crippen LogP contribution in [0.4, 0.5) is 11.4 Å². The van der Waals surface area contributed by atoms with Gasteiger partial charge < -0.3 is 5.11 Å². The summed E-state index contributed by atoms with van der Waals surface area (Å²) in [6.45, 7) is 0. The van der Waals surface area contributed by atoms with Crippen LogP contribution in [0.5, 0.6) is 5.75 Å². The van der Waals surface area contributed by atoms with Gasteiger partial charge in [0.25, 0.3) is 0 Å². The number of phenols is 1. The van der Waals surface area contributed by atoms with Gasteiger partial charge in [0.1, 0.15) is 11.4 Å². The molecule has 0 aliphatic heterocycles. The molecule has 0 heterocycles. The molecule has 132 valence electrons. The van der Waals surface area contributed by atoms with Crippen molar-refractivity contribution in [3.63, 3.8) is 0 Å². The second kappa shape index (κ2) is 9.36. The molecule has 1 saturated carbocycles. The summed E-state index contributed by atoms with van der Waals surface area (Å²) in [5, 5.41) is 18.6. The molecule has 25 heavy (non-hydrogen) atoms. The fraction of sp³-hybridized carbons (Fsp3) is 0.455. The largest absolute Gasteiger partial charge is 0.506 e. The number of benzene rings is 2. The third-order valence-corrected chi connectivity index (χ3v) is 5.07. The van der Waals surface area contributed by atoms with Crippen LogP contribution < -0.4 is 0 Å². The monoisotopic (exact) mass is 336 g/mol. The molecule has 1 fully saturated rings. The Balaban J connectivity index is 1.68. The van der Waals surface area contributed by atoms with Gasteiger partial charge in [-0.1, -0.05) is 75.6 Å². The second-order valence-corrected chi connectivity index (χ2v) is 7.13. The zero-order valence-electron chi connectivity index (χ0n) is 14.9. The molecule has 0 radical (unpaired) electrons. The summed E-state index contributed by atoms with van der Waals surface area (Å²) >= 11 is 0. The van der Waals surface area contributed by atoms with Gasteiger partial charge in [-0.3, -0.25) is 0 Å². The van der Waals surface area contributed by atoms with Crippen molar-refractivity contribution in [3.05, 3.63) is 54.1 Å². The molecule has 0 saturated heterocycles. The van der Waals surface area contributed by atoms with E-state index in [2.05, 4.69) is 10.2 Å². The van der Waals surface area contributed by atoms with Gasteiger partial charge in [-0.2, -0.15) is 5.11 Å². The molecule has 3 rings (SSSR count). The smallest absolute Gasteiger partial charge is 0.143 e. The van der Waals surface area contributed by atoms with E-state index in [0.29, 0.717) is 5.69 Å². The highest BCUT2D eigenvalue weighted by Gasteiger charge is 2.12. The van der Waals surface area contributed by atoms with Crippen molar-refractivity contribution < 1.29 is 5.11 Å². The summed E-state index contributed by atoms with van der Waals surface area (Å²) in [4.78, 5) is 0. The Bertz CT molecular complexity index is 672. The molecular weight excluding hydrogens is 308 g/mol. The highest BCUT2D eigenvalue weighted by molar-refractivity contribution is 5.53. The van der Waals surface area contributed by atoms with Gasteiger partial charge in [0.15, 0.2) is 0 Å². The number of aromatic hydroxyl groups is 1. The third-order valence-electron chi connectivity index (χ3n) is 5.07. The maximum atomic E-state index is 10.1. The van der Waals surface area contributed by atoms with Gasteiger partial charge in [-0.15, -0.1) is 5.11 Å². The van der Waals surface area contributed by atoms with Gasteiger partial charge in [-0.05, 0) is 42.2 Å². The summed E-state index contributed by atoms with van der Waals surface area (Å²) in [7, 11) is 0. The minimum atomic E-state index is 0.192. The van der Waals surface area contributed by atoms with Crippen LogP contribution >= 0.6 is 0 Å². The zero-order valence-corrected chi connectivity index (χ0v) is 14.9. The fourth-order valence-electron chi connectivity index (χ4n) is 3.64. The molecule has 1 N–H and O–H groups in total. The molecule has 0 spiro atoms. The van der Waals surface area contributed by atoms with E-state index in [9.17, 15) is 5.11 Å². The average molecular weight is 336 g/mol. The van der Waals surface area contributed by atoms with E-state index in [1.807, 2.05) is 42.5 Å². The zero-order chi connectivity index (χ0) is 17.3. The van der Waals surface area contributed by atoms with E-state index in [1.165, 1.54) is 56.9 Å². The maximum absolute atomic E-state index is 10.1. The third kappa shape index (κ3) is 5.70. The standard InChI is InChI=1S/C22H28N2O/c25-22-15-14-19(16-18-10-6-3-1-2-4-7-11-18)17-21(22)24-23-20-12-8-5-9-13-20/h5,8-9,12-15,17-18,25H,1-4,6-7,10-11,16H2. The van der Waals surface area contributed by atoms with Gasteiger partial charge in [0.2, 0.25) is 0 Å². The SMILES string of the molecule is Oc1ccc(CC2CCCCCCCC2)cc1N=Nc1ccccc1. The normalized spacial score (nSPS) is 17.1. The van der Waals surface area contributed by atoms with Gasteiger partial charge in [-0.25, -0.2) is 0 Å². The lowest BCUT2D eigenvalue weighted by molar-refractivity contribution is 0.425. The topological polar surface area (TPSA) is 45.0 Å². The first-order chi connectivity index (χ1) is 12.3. The predicted molar refractivity (Wildman–Crippen MR) is 103 cm³/mol. The van der Waals surface area contributed by atoms with Gasteiger partial charge in [0.05, 0.1) is 5.69 Å². The number of nitrogens with zero attached hydrogens (tertiary/aromatic N) is 2. The van der Waals surface area contributed by atoms with Crippen molar-refractivity contribution in [1.29, 1.82) is 0 Å². The second-order valence-electron chi connectivity index (χ2n) is 7.13. The van der Waals surface area contributed by atoms with Crippen LogP contribution in [-0.2, 0) is 6.42 Å². The van der Waals surface area contributed by atoms with E-state index in [-0.39, 0.29) is 5.75 Å². The summed E-state index contributed by atoms with van der Waals surface area (Å²) in [6, 6.07) is 15.4. The van der Waals surface area contributed by atoms with E-state index < -0.39 is 0 Å². The molecule has 3 heteroatoms. The molecule has 3 nitrogen and oxygen atoms in total. The lowest BCUT2D eigenvalue weighted by atomic mass is 9.90. The minimum Gasteiger partial charge on any atom is -0.506 e. The Morgan fingerprint density at radius 1 is 0.800 bits per heavy atom. The molecular formula is C22H28N2O. The highest BCUT2D eigenvalue weighted by atomic mass is 16.3. The average Bonchev–Trinajstić information content (AvgIpc) is 2.77. The molecule has 0 bridgehead atoms. The fourth-order valence-corrected chi connectivity index (χ4v) is 3.64. The summed E-state index contributed by atoms with van der Waals surface area (Å²) in [5.74, 6) is 0.944. The Kier molecular flexibility index (Phi) is 6.61. The molecule has 0 aromatic heterocycles. The van der Waals surface area contributed by atoms with Crippen molar-refractivity contribution in [1.82, 2.24) is 0 Å². The first-order valence-electron chi connectivity index (χ1n) is 9.60. The number of phenolic OH excluding ortho intramolecular Hbond substituents is 1. The highest BCUT2D eigenvalue weighted by Crippen LogP contribution is 2.31. The van der Waals surface area contributed by atoms with Crippen LogP contribution in [0.2, 0.25) is 0 Å². The Hall–Kier alpha value is -2.16. The number of hydrogen-bond donors (Lipinski definition) is 1. The molecule has 1 aliphatic rings. The van der Waals surface area contributed by atoms with E-state index in [1.54, 1.807) is 6.07 Å².